The standard InChI is InChI=1S/C44H39NO2S/c1-3-4-5-6-7-30-46-43-27-18-37(19-28-43)10-11-38-20-29-44(34(2)31-38)47-32-39-14-23-41(24-15-39)40-21-12-35(13-22-40)8-9-36-16-25-42(26-17-36)45-33-48/h12-29,31H,3-7,30,32H2,1-2H3. The highest BCUT2D eigenvalue weighted by Crippen LogP contribution is 2.23. The third-order valence-electron chi connectivity index (χ3n) is 7.86. The van der Waals surface area contributed by atoms with Crippen molar-refractivity contribution in [2.24, 2.45) is 4.99 Å². The maximum Gasteiger partial charge on any atom is 0.122 e. The van der Waals surface area contributed by atoms with Crippen LogP contribution in [0.15, 0.2) is 120 Å². The van der Waals surface area contributed by atoms with Crippen molar-refractivity contribution in [3.63, 3.8) is 0 Å². The van der Waals surface area contributed by atoms with Gasteiger partial charge in [0.15, 0.2) is 0 Å². The number of hydrogen-bond acceptors (Lipinski definition) is 4. The van der Waals surface area contributed by atoms with E-state index in [2.05, 4.69) is 102 Å². The van der Waals surface area contributed by atoms with Crippen molar-refractivity contribution < 1.29 is 9.47 Å². The van der Waals surface area contributed by atoms with Crippen LogP contribution in [0.4, 0.5) is 5.69 Å². The molecule has 3 nitrogen and oxygen atoms in total. The molecular formula is C44H39NO2S. The number of hydrogen-bond donors (Lipinski definition) is 0. The van der Waals surface area contributed by atoms with Gasteiger partial charge in [0, 0.05) is 22.3 Å². The molecule has 0 aromatic heterocycles. The van der Waals surface area contributed by atoms with E-state index in [-0.39, 0.29) is 0 Å². The predicted octanol–water partition coefficient (Wildman–Crippen LogP) is 11.1. The van der Waals surface area contributed by atoms with E-state index in [9.17, 15) is 0 Å². The van der Waals surface area contributed by atoms with Crippen LogP contribution in [0.1, 0.15) is 72.4 Å². The summed E-state index contributed by atoms with van der Waals surface area (Å²) in [6.45, 7) is 5.55. The maximum absolute atomic E-state index is 6.17. The average molecular weight is 646 g/mol. The number of ether oxygens (including phenoxy) is 2. The molecule has 0 aliphatic heterocycles. The highest BCUT2D eigenvalue weighted by molar-refractivity contribution is 7.78. The van der Waals surface area contributed by atoms with Gasteiger partial charge in [-0.3, -0.25) is 0 Å². The fraction of sp³-hybridized carbons (Fsp3) is 0.205. The average Bonchev–Trinajstić information content (AvgIpc) is 3.12. The maximum atomic E-state index is 6.17. The lowest BCUT2D eigenvalue weighted by molar-refractivity contribution is 0.304. The van der Waals surface area contributed by atoms with Gasteiger partial charge in [0.1, 0.15) is 18.1 Å². The van der Waals surface area contributed by atoms with Gasteiger partial charge in [-0.15, -0.1) is 0 Å². The molecule has 0 N–H and O–H groups in total. The fourth-order valence-corrected chi connectivity index (χ4v) is 5.19. The normalized spacial score (nSPS) is 10.1. The van der Waals surface area contributed by atoms with Crippen LogP contribution in [-0.4, -0.2) is 11.8 Å². The molecule has 0 saturated carbocycles. The number of aliphatic imine (C=N–C) groups is 1. The Kier molecular flexibility index (Phi) is 12.8. The minimum Gasteiger partial charge on any atom is -0.494 e. The van der Waals surface area contributed by atoms with Gasteiger partial charge in [0.05, 0.1) is 17.5 Å². The fourth-order valence-electron chi connectivity index (χ4n) is 5.08. The monoisotopic (exact) mass is 645 g/mol. The Bertz CT molecular complexity index is 1950. The first-order valence-electron chi connectivity index (χ1n) is 16.5. The number of rotatable bonds is 12. The van der Waals surface area contributed by atoms with Gasteiger partial charge in [0.2, 0.25) is 0 Å². The zero-order chi connectivity index (χ0) is 33.4. The van der Waals surface area contributed by atoms with E-state index in [4.69, 9.17) is 9.47 Å². The van der Waals surface area contributed by atoms with Crippen molar-refractivity contribution in [2.45, 2.75) is 52.6 Å². The number of thiocarbonyl (C=S) groups is 1. The summed E-state index contributed by atoms with van der Waals surface area (Å²) in [6, 6.07) is 38.5. The smallest absolute Gasteiger partial charge is 0.122 e. The van der Waals surface area contributed by atoms with Crippen LogP contribution in [-0.2, 0) is 6.61 Å². The molecule has 4 heteroatoms. The molecule has 0 fully saturated rings. The van der Waals surface area contributed by atoms with Crippen LogP contribution in [0.3, 0.4) is 0 Å². The first-order valence-corrected chi connectivity index (χ1v) is 16.9. The first-order chi connectivity index (χ1) is 23.6. The summed E-state index contributed by atoms with van der Waals surface area (Å²) >= 11 is 4.65. The molecule has 5 aromatic carbocycles. The highest BCUT2D eigenvalue weighted by atomic mass is 32.1. The Morgan fingerprint density at radius 3 is 1.73 bits per heavy atom. The second-order valence-electron chi connectivity index (χ2n) is 11.6. The van der Waals surface area contributed by atoms with Gasteiger partial charge in [-0.05, 0) is 127 Å². The van der Waals surface area contributed by atoms with Gasteiger partial charge < -0.3 is 9.47 Å². The topological polar surface area (TPSA) is 30.8 Å². The third-order valence-corrected chi connectivity index (χ3v) is 7.95. The molecule has 0 aliphatic carbocycles. The number of aryl methyl sites for hydroxylation is 1. The van der Waals surface area contributed by atoms with Crippen LogP contribution in [0, 0.1) is 30.6 Å². The Morgan fingerprint density at radius 2 is 1.12 bits per heavy atom. The number of unbranched alkanes of at least 4 members (excludes halogenated alkanes) is 4. The van der Waals surface area contributed by atoms with Gasteiger partial charge in [-0.2, -0.15) is 4.99 Å². The molecule has 238 valence electrons. The van der Waals surface area contributed by atoms with E-state index in [0.29, 0.717) is 6.61 Å². The summed E-state index contributed by atoms with van der Waals surface area (Å²) in [5, 5.41) is 2.37. The zero-order valence-corrected chi connectivity index (χ0v) is 28.4. The molecule has 0 aliphatic rings. The highest BCUT2D eigenvalue weighted by Gasteiger charge is 2.04. The molecule has 0 bridgehead atoms. The molecule has 0 heterocycles. The Balaban J connectivity index is 1.10. The lowest BCUT2D eigenvalue weighted by Crippen LogP contribution is -1.97. The van der Waals surface area contributed by atoms with Crippen molar-refractivity contribution in [1.29, 1.82) is 0 Å². The third kappa shape index (κ3) is 10.6. The SMILES string of the molecule is CCCCCCCOc1ccc(C#Cc2ccc(OCc3ccc(-c4ccc(C#Cc5ccc(N=C=S)cc5)cc4)cc3)c(C)c2)cc1. The number of benzene rings is 5. The Labute approximate surface area is 290 Å². The first kappa shape index (κ1) is 34.0. The summed E-state index contributed by atoms with van der Waals surface area (Å²) in [5.74, 6) is 14.7. The van der Waals surface area contributed by atoms with E-state index in [1.807, 2.05) is 72.8 Å². The van der Waals surface area contributed by atoms with Crippen molar-refractivity contribution in [2.75, 3.05) is 6.61 Å². The number of nitrogens with zero attached hydrogens (tertiary/aromatic N) is 1. The zero-order valence-electron chi connectivity index (χ0n) is 27.6. The summed E-state index contributed by atoms with van der Waals surface area (Å²) in [4.78, 5) is 3.97. The quantitative estimate of drug-likeness (QED) is 0.0585. The summed E-state index contributed by atoms with van der Waals surface area (Å²) < 4.78 is 12.0. The number of isothiocyanates is 1. The largest absolute Gasteiger partial charge is 0.494 e. The van der Waals surface area contributed by atoms with Crippen molar-refractivity contribution in [1.82, 2.24) is 0 Å². The second kappa shape index (κ2) is 18.1. The predicted molar refractivity (Wildman–Crippen MR) is 201 cm³/mol. The molecule has 0 saturated heterocycles. The molecule has 0 amide bonds. The molecule has 5 rings (SSSR count). The molecule has 48 heavy (non-hydrogen) atoms. The Morgan fingerprint density at radius 1 is 0.583 bits per heavy atom. The van der Waals surface area contributed by atoms with E-state index in [1.165, 1.54) is 25.7 Å². The summed E-state index contributed by atoms with van der Waals surface area (Å²) in [7, 11) is 0. The lowest BCUT2D eigenvalue weighted by Gasteiger charge is -2.10. The van der Waals surface area contributed by atoms with Crippen LogP contribution in [0.25, 0.3) is 11.1 Å². The van der Waals surface area contributed by atoms with E-state index in [1.54, 1.807) is 0 Å². The van der Waals surface area contributed by atoms with Gasteiger partial charge >= 0.3 is 0 Å². The van der Waals surface area contributed by atoms with Gasteiger partial charge in [-0.25, -0.2) is 0 Å². The molecule has 5 aromatic rings. The molecule has 0 unspecified atom stereocenters. The van der Waals surface area contributed by atoms with Crippen LogP contribution in [0.5, 0.6) is 11.5 Å². The molecule has 0 spiro atoms. The van der Waals surface area contributed by atoms with Crippen LogP contribution in [0.2, 0.25) is 0 Å². The summed E-state index contributed by atoms with van der Waals surface area (Å²) in [6.07, 6.45) is 6.18. The minimum absolute atomic E-state index is 0.493. The lowest BCUT2D eigenvalue weighted by atomic mass is 10.0. The second-order valence-corrected chi connectivity index (χ2v) is 11.8. The Hall–Kier alpha value is -5.38. The molecular weight excluding hydrogens is 607 g/mol. The molecule has 0 radical (unpaired) electrons. The van der Waals surface area contributed by atoms with Crippen molar-refractivity contribution in [3.8, 4) is 46.3 Å². The van der Waals surface area contributed by atoms with E-state index < -0.39 is 0 Å². The van der Waals surface area contributed by atoms with E-state index in [0.717, 1.165) is 74.7 Å². The van der Waals surface area contributed by atoms with Crippen LogP contribution < -0.4 is 9.47 Å². The van der Waals surface area contributed by atoms with Gasteiger partial charge in [-0.1, -0.05) is 92.7 Å². The van der Waals surface area contributed by atoms with Crippen molar-refractivity contribution in [3.05, 3.63) is 149 Å². The van der Waals surface area contributed by atoms with Gasteiger partial charge in [0.25, 0.3) is 0 Å². The van der Waals surface area contributed by atoms with Crippen molar-refractivity contribution >= 4 is 23.1 Å². The van der Waals surface area contributed by atoms with Crippen LogP contribution >= 0.6 is 12.2 Å². The molecule has 0 atom stereocenters. The minimum atomic E-state index is 0.493. The summed E-state index contributed by atoms with van der Waals surface area (Å²) in [5.41, 5.74) is 9.03. The van der Waals surface area contributed by atoms with E-state index >= 15 is 0 Å².